The molecule has 0 saturated carbocycles. The predicted molar refractivity (Wildman–Crippen MR) is 79.4 cm³/mol. The van der Waals surface area contributed by atoms with Gasteiger partial charge in [-0.15, -0.1) is 0 Å². The zero-order chi connectivity index (χ0) is 15.4. The number of carbonyl (C=O) groups excluding carboxylic acids is 2. The van der Waals surface area contributed by atoms with Crippen LogP contribution < -0.4 is 14.8 Å². The lowest BCUT2D eigenvalue weighted by Crippen LogP contribution is -2.24. The first-order valence-electron chi connectivity index (χ1n) is 6.09. The number of hydrogen-bond acceptors (Lipinski definition) is 5. The molecule has 0 aromatic carbocycles. The molecule has 2 heterocycles. The van der Waals surface area contributed by atoms with Crippen molar-refractivity contribution in [2.24, 2.45) is 0 Å². The lowest BCUT2D eigenvalue weighted by molar-refractivity contribution is -0.122. The van der Waals surface area contributed by atoms with E-state index >= 15 is 0 Å². The largest absolute Gasteiger partial charge is 0.495 e. The summed E-state index contributed by atoms with van der Waals surface area (Å²) >= 11 is 3.11. The fourth-order valence-corrected chi connectivity index (χ4v) is 1.97. The second-order valence-electron chi connectivity index (χ2n) is 4.12. The maximum Gasteiger partial charge on any atom is 0.257 e. The minimum Gasteiger partial charge on any atom is -0.495 e. The highest BCUT2D eigenvalue weighted by molar-refractivity contribution is 9.09. The number of pyridine rings is 1. The first-order valence-corrected chi connectivity index (χ1v) is 7.21. The molecule has 2 aromatic heterocycles. The quantitative estimate of drug-likeness (QED) is 0.618. The number of ether oxygens (including phenoxy) is 2. The van der Waals surface area contributed by atoms with Crippen LogP contribution in [0.1, 0.15) is 10.5 Å². The van der Waals surface area contributed by atoms with Crippen molar-refractivity contribution in [3.8, 4) is 11.5 Å². The number of likely N-dealkylation sites (N-methyl/N-ethyl adjacent to an activating group) is 1. The first-order chi connectivity index (χ1) is 10.1. The van der Waals surface area contributed by atoms with E-state index in [-0.39, 0.29) is 23.6 Å². The van der Waals surface area contributed by atoms with Gasteiger partial charge in [0.15, 0.2) is 12.4 Å². The van der Waals surface area contributed by atoms with Crippen LogP contribution >= 0.6 is 15.9 Å². The minimum atomic E-state index is -0.257. The van der Waals surface area contributed by atoms with E-state index in [1.54, 1.807) is 18.3 Å². The van der Waals surface area contributed by atoms with Crippen molar-refractivity contribution < 1.29 is 19.1 Å². The summed E-state index contributed by atoms with van der Waals surface area (Å²) in [7, 11) is 3.04. The molecular formula is C13H14BrN3O4. The van der Waals surface area contributed by atoms with Crippen LogP contribution in [-0.2, 0) is 4.79 Å². The van der Waals surface area contributed by atoms with Crippen molar-refractivity contribution >= 4 is 33.1 Å². The molecule has 0 saturated heterocycles. The number of aromatic nitrogens is 2. The summed E-state index contributed by atoms with van der Waals surface area (Å²) in [4.78, 5) is 23.0. The van der Waals surface area contributed by atoms with Crippen LogP contribution in [0, 0.1) is 0 Å². The average Bonchev–Trinajstić information content (AvgIpc) is 2.95. The highest BCUT2D eigenvalue weighted by Crippen LogP contribution is 2.26. The van der Waals surface area contributed by atoms with Gasteiger partial charge in [-0.05, 0) is 6.07 Å². The van der Waals surface area contributed by atoms with E-state index in [2.05, 4.69) is 26.3 Å². The molecule has 0 fully saturated rings. The third-order valence-corrected chi connectivity index (χ3v) is 3.30. The average molecular weight is 356 g/mol. The summed E-state index contributed by atoms with van der Waals surface area (Å²) in [5, 5.41) is 6.83. The van der Waals surface area contributed by atoms with Crippen LogP contribution in [0.2, 0.25) is 0 Å². The second-order valence-corrected chi connectivity index (χ2v) is 4.68. The van der Waals surface area contributed by atoms with Gasteiger partial charge in [-0.1, -0.05) is 15.9 Å². The number of halogens is 1. The predicted octanol–water partition coefficient (Wildman–Crippen LogP) is 1.05. The van der Waals surface area contributed by atoms with Gasteiger partial charge in [0.1, 0.15) is 22.7 Å². The summed E-state index contributed by atoms with van der Waals surface area (Å²) in [6, 6.07) is 3.25. The van der Waals surface area contributed by atoms with Crippen molar-refractivity contribution in [1.82, 2.24) is 14.9 Å². The number of nitrogens with zero attached hydrogens (tertiary/aromatic N) is 2. The van der Waals surface area contributed by atoms with Gasteiger partial charge < -0.3 is 14.8 Å². The van der Waals surface area contributed by atoms with E-state index in [0.717, 1.165) is 0 Å². The molecular weight excluding hydrogens is 342 g/mol. The highest BCUT2D eigenvalue weighted by atomic mass is 79.9. The molecule has 21 heavy (non-hydrogen) atoms. The maximum atomic E-state index is 11.7. The fourth-order valence-electron chi connectivity index (χ4n) is 1.69. The second kappa shape index (κ2) is 6.57. The van der Waals surface area contributed by atoms with Crippen LogP contribution in [-0.4, -0.2) is 47.4 Å². The molecule has 0 radical (unpaired) electrons. The summed E-state index contributed by atoms with van der Waals surface area (Å²) in [5.41, 5.74) is 0.897. The molecule has 8 heteroatoms. The molecule has 1 N–H and O–H groups in total. The molecule has 0 unspecified atom stereocenters. The van der Waals surface area contributed by atoms with Crippen molar-refractivity contribution in [3.63, 3.8) is 0 Å². The molecule has 112 valence electrons. The lowest BCUT2D eigenvalue weighted by Gasteiger charge is -2.08. The summed E-state index contributed by atoms with van der Waals surface area (Å²) < 4.78 is 12.1. The molecule has 0 bridgehead atoms. The zero-order valence-corrected chi connectivity index (χ0v) is 13.1. The number of Topliss-reactive ketones (excluding diaryl/α,β-unsaturated/α-hetero) is 1. The number of alkyl halides is 1. The van der Waals surface area contributed by atoms with Crippen LogP contribution in [0.15, 0.2) is 18.3 Å². The van der Waals surface area contributed by atoms with E-state index < -0.39 is 0 Å². The van der Waals surface area contributed by atoms with Gasteiger partial charge in [-0.3, -0.25) is 9.59 Å². The smallest absolute Gasteiger partial charge is 0.257 e. The van der Waals surface area contributed by atoms with Crippen LogP contribution in [0.25, 0.3) is 5.52 Å². The number of hydrogen-bond donors (Lipinski definition) is 1. The zero-order valence-electron chi connectivity index (χ0n) is 11.6. The number of ketones is 1. The minimum absolute atomic E-state index is 0.133. The van der Waals surface area contributed by atoms with Gasteiger partial charge in [0.2, 0.25) is 0 Å². The SMILES string of the molecule is CNC(=O)COc1cc(OC)cn2nc(C(=O)CBr)cc12. The van der Waals surface area contributed by atoms with Gasteiger partial charge >= 0.3 is 0 Å². The van der Waals surface area contributed by atoms with E-state index in [1.165, 1.54) is 18.7 Å². The highest BCUT2D eigenvalue weighted by Gasteiger charge is 2.14. The Morgan fingerprint density at radius 2 is 2.19 bits per heavy atom. The first kappa shape index (κ1) is 15.3. The van der Waals surface area contributed by atoms with Crippen molar-refractivity contribution in [3.05, 3.63) is 24.0 Å². The van der Waals surface area contributed by atoms with Crippen LogP contribution in [0.5, 0.6) is 11.5 Å². The molecule has 0 aliphatic heterocycles. The van der Waals surface area contributed by atoms with Crippen molar-refractivity contribution in [2.75, 3.05) is 26.1 Å². The van der Waals surface area contributed by atoms with Crippen molar-refractivity contribution in [2.45, 2.75) is 0 Å². The summed E-state index contributed by atoms with van der Waals surface area (Å²) in [6.45, 7) is -0.133. The molecule has 1 amide bonds. The molecule has 0 aliphatic carbocycles. The Kier molecular flexibility index (Phi) is 4.79. The molecule has 2 rings (SSSR count). The van der Waals surface area contributed by atoms with Crippen molar-refractivity contribution in [1.29, 1.82) is 0 Å². The lowest BCUT2D eigenvalue weighted by atomic mass is 10.3. The summed E-state index contributed by atoms with van der Waals surface area (Å²) in [6.07, 6.45) is 1.63. The van der Waals surface area contributed by atoms with Crippen LogP contribution in [0.4, 0.5) is 0 Å². The Morgan fingerprint density at radius 3 is 2.81 bits per heavy atom. The number of fused-ring (bicyclic) bond motifs is 1. The standard InChI is InChI=1S/C13H14BrN3O4/c1-15-13(19)7-21-12-3-8(20-2)6-17-10(12)4-9(16-17)11(18)5-14/h3-4,6H,5,7H2,1-2H3,(H,15,19). The number of amides is 1. The Bertz CT molecular complexity index is 683. The molecule has 7 nitrogen and oxygen atoms in total. The van der Waals surface area contributed by atoms with Gasteiger partial charge in [0.05, 0.1) is 18.6 Å². The topological polar surface area (TPSA) is 81.9 Å². The number of carbonyl (C=O) groups is 2. The molecule has 2 aromatic rings. The van der Waals surface area contributed by atoms with Gasteiger partial charge in [-0.2, -0.15) is 5.10 Å². The Hall–Kier alpha value is -2.09. The third kappa shape index (κ3) is 3.33. The molecule has 0 atom stereocenters. The monoisotopic (exact) mass is 355 g/mol. The van der Waals surface area contributed by atoms with Crippen LogP contribution in [0.3, 0.4) is 0 Å². The number of nitrogens with one attached hydrogen (secondary N) is 1. The van der Waals surface area contributed by atoms with E-state index in [4.69, 9.17) is 9.47 Å². The molecule has 0 aliphatic rings. The van der Waals surface area contributed by atoms with Gasteiger partial charge in [0.25, 0.3) is 5.91 Å². The normalized spacial score (nSPS) is 10.4. The number of rotatable bonds is 6. The van der Waals surface area contributed by atoms with E-state index in [0.29, 0.717) is 22.7 Å². The Balaban J connectivity index is 2.43. The van der Waals surface area contributed by atoms with Gasteiger partial charge in [0, 0.05) is 13.1 Å². The third-order valence-electron chi connectivity index (χ3n) is 2.79. The Labute approximate surface area is 129 Å². The van der Waals surface area contributed by atoms with Gasteiger partial charge in [-0.25, -0.2) is 4.52 Å². The van der Waals surface area contributed by atoms with E-state index in [1.807, 2.05) is 0 Å². The molecule has 0 spiro atoms. The van der Waals surface area contributed by atoms with E-state index in [9.17, 15) is 9.59 Å². The Morgan fingerprint density at radius 1 is 1.43 bits per heavy atom. The maximum absolute atomic E-state index is 11.7. The fraction of sp³-hybridized carbons (Fsp3) is 0.308. The summed E-state index contributed by atoms with van der Waals surface area (Å²) in [5.74, 6) is 0.525. The number of methoxy groups -OCH3 is 1.